The molecular formula is C19H16F4N4O. The van der Waals surface area contributed by atoms with Crippen LogP contribution in [0.4, 0.5) is 23.4 Å². The number of halogens is 4. The number of alkyl halides is 3. The Morgan fingerprint density at radius 1 is 1.14 bits per heavy atom. The monoisotopic (exact) mass is 392 g/mol. The van der Waals surface area contributed by atoms with Crippen LogP contribution in [0.3, 0.4) is 0 Å². The second-order valence-corrected chi connectivity index (χ2v) is 6.08. The Kier molecular flexibility index (Phi) is 5.17. The largest absolute Gasteiger partial charge is 0.435 e. The van der Waals surface area contributed by atoms with Crippen molar-refractivity contribution in [3.05, 3.63) is 65.2 Å². The molecule has 0 atom stereocenters. The molecule has 28 heavy (non-hydrogen) atoms. The van der Waals surface area contributed by atoms with Crippen LogP contribution in [-0.4, -0.2) is 20.7 Å². The van der Waals surface area contributed by atoms with Crippen LogP contribution in [-0.2, 0) is 12.7 Å². The minimum atomic E-state index is -4.64. The van der Waals surface area contributed by atoms with E-state index in [-0.39, 0.29) is 23.6 Å². The number of benzene rings is 1. The van der Waals surface area contributed by atoms with E-state index in [2.05, 4.69) is 15.4 Å². The number of amides is 1. The third-order valence-electron chi connectivity index (χ3n) is 4.05. The summed E-state index contributed by atoms with van der Waals surface area (Å²) in [4.78, 5) is 15.9. The normalized spacial score (nSPS) is 11.5. The number of hydrogen-bond acceptors (Lipinski definition) is 3. The Labute approximate surface area is 158 Å². The average molecular weight is 392 g/mol. The van der Waals surface area contributed by atoms with Gasteiger partial charge in [0.1, 0.15) is 5.82 Å². The van der Waals surface area contributed by atoms with Crippen molar-refractivity contribution in [3.63, 3.8) is 0 Å². The summed E-state index contributed by atoms with van der Waals surface area (Å²) in [5, 5.41) is 5.93. The number of aryl methyl sites for hydroxylation is 2. The van der Waals surface area contributed by atoms with E-state index in [0.29, 0.717) is 5.56 Å². The summed E-state index contributed by atoms with van der Waals surface area (Å²) in [7, 11) is 0. The number of carbonyl (C=O) groups is 1. The number of anilines is 1. The van der Waals surface area contributed by atoms with Crippen LogP contribution in [0.15, 0.2) is 42.5 Å². The predicted molar refractivity (Wildman–Crippen MR) is 95.2 cm³/mol. The average Bonchev–Trinajstić information content (AvgIpc) is 3.07. The first-order valence-corrected chi connectivity index (χ1v) is 8.39. The van der Waals surface area contributed by atoms with Crippen LogP contribution in [0.25, 0.3) is 11.3 Å². The van der Waals surface area contributed by atoms with Gasteiger partial charge in [0.2, 0.25) is 5.95 Å². The Balaban J connectivity index is 1.88. The molecule has 2 heterocycles. The third kappa shape index (κ3) is 4.03. The van der Waals surface area contributed by atoms with E-state index in [9.17, 15) is 22.4 Å². The van der Waals surface area contributed by atoms with Crippen molar-refractivity contribution in [3.8, 4) is 11.3 Å². The number of aromatic nitrogens is 3. The number of hydrogen-bond donors (Lipinski definition) is 1. The van der Waals surface area contributed by atoms with Gasteiger partial charge in [-0.2, -0.15) is 22.7 Å². The topological polar surface area (TPSA) is 59.8 Å². The van der Waals surface area contributed by atoms with Gasteiger partial charge in [-0.1, -0.05) is 17.7 Å². The first kappa shape index (κ1) is 19.5. The standard InChI is InChI=1S/C19H16F4N4O/c1-3-27-14(10-15(26-27)19(21,22)23)13-8-9-16(24-17(13)20)25-18(28)12-6-4-11(2)5-7-12/h4-10H,3H2,1-2H3,(H,24,25,28). The molecule has 0 aliphatic heterocycles. The van der Waals surface area contributed by atoms with Gasteiger partial charge in [-0.3, -0.25) is 9.48 Å². The Bertz CT molecular complexity index is 1010. The van der Waals surface area contributed by atoms with E-state index in [4.69, 9.17) is 0 Å². The highest BCUT2D eigenvalue weighted by Crippen LogP contribution is 2.32. The fourth-order valence-corrected chi connectivity index (χ4v) is 2.60. The van der Waals surface area contributed by atoms with E-state index >= 15 is 0 Å². The van der Waals surface area contributed by atoms with Gasteiger partial charge < -0.3 is 5.32 Å². The number of rotatable bonds is 4. The maximum Gasteiger partial charge on any atom is 0.435 e. The SMILES string of the molecule is CCn1nc(C(F)(F)F)cc1-c1ccc(NC(=O)c2ccc(C)cc2)nc1F. The summed E-state index contributed by atoms with van der Waals surface area (Å²) in [6, 6.07) is 10.1. The van der Waals surface area contributed by atoms with E-state index < -0.39 is 23.7 Å². The molecule has 0 saturated heterocycles. The lowest BCUT2D eigenvalue weighted by atomic mass is 10.1. The fourth-order valence-electron chi connectivity index (χ4n) is 2.60. The zero-order valence-electron chi connectivity index (χ0n) is 15.0. The summed E-state index contributed by atoms with van der Waals surface area (Å²) in [6.07, 6.45) is -4.64. The maximum atomic E-state index is 14.5. The van der Waals surface area contributed by atoms with Crippen LogP contribution in [0.5, 0.6) is 0 Å². The molecule has 0 aliphatic rings. The van der Waals surface area contributed by atoms with Crippen LogP contribution in [0.2, 0.25) is 0 Å². The molecule has 1 aromatic carbocycles. The molecule has 0 unspecified atom stereocenters. The third-order valence-corrected chi connectivity index (χ3v) is 4.05. The van der Waals surface area contributed by atoms with Crippen molar-refractivity contribution in [2.24, 2.45) is 0 Å². The molecule has 0 fully saturated rings. The molecular weight excluding hydrogens is 376 g/mol. The molecule has 146 valence electrons. The summed E-state index contributed by atoms with van der Waals surface area (Å²) in [5.41, 5.74) is 0.0570. The van der Waals surface area contributed by atoms with Gasteiger partial charge >= 0.3 is 6.18 Å². The molecule has 1 amide bonds. The molecule has 0 spiro atoms. The van der Waals surface area contributed by atoms with Crippen LogP contribution in [0, 0.1) is 12.9 Å². The number of pyridine rings is 1. The van der Waals surface area contributed by atoms with Crippen molar-refractivity contribution in [2.45, 2.75) is 26.6 Å². The maximum absolute atomic E-state index is 14.5. The van der Waals surface area contributed by atoms with E-state index in [0.717, 1.165) is 16.3 Å². The fraction of sp³-hybridized carbons (Fsp3) is 0.211. The van der Waals surface area contributed by atoms with Gasteiger partial charge in [0.25, 0.3) is 5.91 Å². The van der Waals surface area contributed by atoms with Gasteiger partial charge in [-0.15, -0.1) is 0 Å². The molecule has 0 radical (unpaired) electrons. The quantitative estimate of drug-likeness (QED) is 0.518. The van der Waals surface area contributed by atoms with Crippen molar-refractivity contribution in [1.29, 1.82) is 0 Å². The van der Waals surface area contributed by atoms with Gasteiger partial charge in [-0.05, 0) is 44.2 Å². The zero-order valence-corrected chi connectivity index (χ0v) is 15.0. The molecule has 2 aromatic heterocycles. The second kappa shape index (κ2) is 7.41. The smallest absolute Gasteiger partial charge is 0.306 e. The lowest BCUT2D eigenvalue weighted by Gasteiger charge is -2.08. The first-order chi connectivity index (χ1) is 13.2. The number of nitrogens with zero attached hydrogens (tertiary/aromatic N) is 3. The summed E-state index contributed by atoms with van der Waals surface area (Å²) >= 11 is 0. The molecule has 0 bridgehead atoms. The Hall–Kier alpha value is -3.23. The lowest BCUT2D eigenvalue weighted by Crippen LogP contribution is -2.13. The summed E-state index contributed by atoms with van der Waals surface area (Å²) in [5.74, 6) is -1.53. The zero-order chi connectivity index (χ0) is 20.5. The summed E-state index contributed by atoms with van der Waals surface area (Å²) in [6.45, 7) is 3.59. The van der Waals surface area contributed by atoms with E-state index in [1.807, 2.05) is 6.92 Å². The van der Waals surface area contributed by atoms with Gasteiger partial charge in [0, 0.05) is 12.1 Å². The number of nitrogens with one attached hydrogen (secondary N) is 1. The molecule has 3 rings (SSSR count). The first-order valence-electron chi connectivity index (χ1n) is 8.39. The van der Waals surface area contributed by atoms with Crippen molar-refractivity contribution >= 4 is 11.7 Å². The lowest BCUT2D eigenvalue weighted by molar-refractivity contribution is -0.141. The Morgan fingerprint density at radius 3 is 2.39 bits per heavy atom. The van der Waals surface area contributed by atoms with Crippen LogP contribution >= 0.6 is 0 Å². The van der Waals surface area contributed by atoms with E-state index in [1.165, 1.54) is 12.1 Å². The minimum absolute atomic E-state index is 0.0452. The molecule has 3 aromatic rings. The molecule has 0 aliphatic carbocycles. The summed E-state index contributed by atoms with van der Waals surface area (Å²) < 4.78 is 54.2. The van der Waals surface area contributed by atoms with Crippen LogP contribution in [0.1, 0.15) is 28.5 Å². The highest BCUT2D eigenvalue weighted by Gasteiger charge is 2.35. The highest BCUT2D eigenvalue weighted by molar-refractivity contribution is 6.03. The van der Waals surface area contributed by atoms with Gasteiger partial charge in [-0.25, -0.2) is 4.98 Å². The van der Waals surface area contributed by atoms with Gasteiger partial charge in [0.15, 0.2) is 5.69 Å². The number of carbonyl (C=O) groups excluding carboxylic acids is 1. The second-order valence-electron chi connectivity index (χ2n) is 6.08. The van der Waals surface area contributed by atoms with Crippen LogP contribution < -0.4 is 5.32 Å². The van der Waals surface area contributed by atoms with Crippen molar-refractivity contribution in [2.75, 3.05) is 5.32 Å². The van der Waals surface area contributed by atoms with E-state index in [1.54, 1.807) is 31.2 Å². The van der Waals surface area contributed by atoms with Gasteiger partial charge in [0.05, 0.1) is 11.3 Å². The predicted octanol–water partition coefficient (Wildman–Crippen LogP) is 4.68. The Morgan fingerprint density at radius 2 is 1.82 bits per heavy atom. The van der Waals surface area contributed by atoms with Crippen molar-refractivity contribution < 1.29 is 22.4 Å². The molecule has 5 nitrogen and oxygen atoms in total. The molecule has 0 saturated carbocycles. The highest BCUT2D eigenvalue weighted by atomic mass is 19.4. The van der Waals surface area contributed by atoms with Crippen molar-refractivity contribution in [1.82, 2.24) is 14.8 Å². The minimum Gasteiger partial charge on any atom is -0.306 e. The molecule has 9 heteroatoms. The molecule has 1 N–H and O–H groups in total.